The van der Waals surface area contributed by atoms with Gasteiger partial charge in [-0.15, -0.1) is 0 Å². The van der Waals surface area contributed by atoms with E-state index in [1.807, 2.05) is 0 Å². The summed E-state index contributed by atoms with van der Waals surface area (Å²) >= 11 is 0. The number of hydrogen-bond donors (Lipinski definition) is 2. The van der Waals surface area contributed by atoms with Gasteiger partial charge in [0.25, 0.3) is 0 Å². The second-order valence-corrected chi connectivity index (χ2v) is 6.70. The summed E-state index contributed by atoms with van der Waals surface area (Å²) in [6.07, 6.45) is 4.69. The number of rotatable bonds is 9. The fourth-order valence-corrected chi connectivity index (χ4v) is 3.78. The minimum absolute atomic E-state index is 0.0308. The van der Waals surface area contributed by atoms with Crippen molar-refractivity contribution in [3.8, 4) is 0 Å². The number of hydrogen-bond acceptors (Lipinski definition) is 3. The lowest BCUT2D eigenvalue weighted by molar-refractivity contribution is 0.278. The molecule has 1 aromatic rings. The molecule has 0 bridgehead atoms. The first-order valence-corrected chi connectivity index (χ1v) is 8.74. The number of benzene rings is 1. The standard InChI is InChI=1S/C15H25NO3S/c1-3-5-10-14(8-4-2)16-20(18,19)15-11-7-6-9-13(15)12-17/h6-7,9,11,14,16-17H,3-5,8,10,12H2,1-2H3. The van der Waals surface area contributed by atoms with Crippen LogP contribution in [0.2, 0.25) is 0 Å². The minimum atomic E-state index is -3.56. The van der Waals surface area contributed by atoms with Gasteiger partial charge in [0.05, 0.1) is 11.5 Å². The van der Waals surface area contributed by atoms with E-state index >= 15 is 0 Å². The lowest BCUT2D eigenvalue weighted by Gasteiger charge is -2.19. The van der Waals surface area contributed by atoms with Crippen LogP contribution in [0.25, 0.3) is 0 Å². The van der Waals surface area contributed by atoms with E-state index in [9.17, 15) is 13.5 Å². The Kier molecular flexibility index (Phi) is 7.19. The van der Waals surface area contributed by atoms with Gasteiger partial charge in [-0.05, 0) is 24.5 Å². The molecule has 0 saturated carbocycles. The molecule has 5 heteroatoms. The van der Waals surface area contributed by atoms with Crippen LogP contribution in [0.5, 0.6) is 0 Å². The summed E-state index contributed by atoms with van der Waals surface area (Å²) in [5.74, 6) is 0. The predicted molar refractivity (Wildman–Crippen MR) is 80.9 cm³/mol. The molecule has 1 unspecified atom stereocenters. The van der Waals surface area contributed by atoms with Gasteiger partial charge in [0.1, 0.15) is 0 Å². The average molecular weight is 299 g/mol. The largest absolute Gasteiger partial charge is 0.392 e. The Hall–Kier alpha value is -0.910. The van der Waals surface area contributed by atoms with Gasteiger partial charge in [0.15, 0.2) is 0 Å². The smallest absolute Gasteiger partial charge is 0.241 e. The summed E-state index contributed by atoms with van der Waals surface area (Å²) in [6.45, 7) is 3.87. The maximum atomic E-state index is 12.4. The fraction of sp³-hybridized carbons (Fsp3) is 0.600. The lowest BCUT2D eigenvalue weighted by atomic mass is 10.1. The molecular weight excluding hydrogens is 274 g/mol. The Morgan fingerprint density at radius 3 is 2.45 bits per heavy atom. The number of aliphatic hydroxyl groups excluding tert-OH is 1. The molecule has 4 nitrogen and oxygen atoms in total. The zero-order valence-corrected chi connectivity index (χ0v) is 13.1. The highest BCUT2D eigenvalue weighted by Crippen LogP contribution is 2.17. The summed E-state index contributed by atoms with van der Waals surface area (Å²) < 4.78 is 27.7. The number of aliphatic hydroxyl groups is 1. The highest BCUT2D eigenvalue weighted by molar-refractivity contribution is 7.89. The molecule has 0 aliphatic heterocycles. The molecule has 0 aromatic heterocycles. The molecule has 0 fully saturated rings. The van der Waals surface area contributed by atoms with Gasteiger partial charge < -0.3 is 5.11 Å². The third kappa shape index (κ3) is 4.89. The quantitative estimate of drug-likeness (QED) is 0.737. The van der Waals surface area contributed by atoms with Crippen LogP contribution in [-0.4, -0.2) is 19.6 Å². The van der Waals surface area contributed by atoms with Crippen molar-refractivity contribution in [2.75, 3.05) is 0 Å². The molecule has 1 rings (SSSR count). The molecule has 0 heterocycles. The molecule has 1 aromatic carbocycles. The van der Waals surface area contributed by atoms with Gasteiger partial charge in [0.2, 0.25) is 10.0 Å². The number of sulfonamides is 1. The molecule has 1 atom stereocenters. The summed E-state index contributed by atoms with van der Waals surface area (Å²) in [5, 5.41) is 9.27. The second kappa shape index (κ2) is 8.39. The predicted octanol–water partition coefficient (Wildman–Crippen LogP) is 2.82. The Balaban J connectivity index is 2.91. The third-order valence-electron chi connectivity index (χ3n) is 3.30. The van der Waals surface area contributed by atoms with Crippen molar-refractivity contribution < 1.29 is 13.5 Å². The van der Waals surface area contributed by atoms with E-state index < -0.39 is 10.0 Å². The van der Waals surface area contributed by atoms with Gasteiger partial charge in [-0.1, -0.05) is 51.3 Å². The molecule has 2 N–H and O–H groups in total. The topological polar surface area (TPSA) is 66.4 Å². The van der Waals surface area contributed by atoms with E-state index in [4.69, 9.17) is 0 Å². The monoisotopic (exact) mass is 299 g/mol. The van der Waals surface area contributed by atoms with E-state index in [0.717, 1.165) is 32.1 Å². The zero-order valence-electron chi connectivity index (χ0n) is 12.3. The maximum absolute atomic E-state index is 12.4. The average Bonchev–Trinajstić information content (AvgIpc) is 2.44. The molecule has 0 saturated heterocycles. The molecule has 20 heavy (non-hydrogen) atoms. The first kappa shape index (κ1) is 17.1. The van der Waals surface area contributed by atoms with E-state index in [2.05, 4.69) is 18.6 Å². The second-order valence-electron chi connectivity index (χ2n) is 5.01. The van der Waals surface area contributed by atoms with E-state index in [0.29, 0.717) is 5.56 Å². The summed E-state index contributed by atoms with van der Waals surface area (Å²) in [5.41, 5.74) is 0.436. The minimum Gasteiger partial charge on any atom is -0.392 e. The molecule has 114 valence electrons. The lowest BCUT2D eigenvalue weighted by Crippen LogP contribution is -2.35. The van der Waals surface area contributed by atoms with Gasteiger partial charge in [0, 0.05) is 6.04 Å². The highest BCUT2D eigenvalue weighted by atomic mass is 32.2. The van der Waals surface area contributed by atoms with Crippen molar-refractivity contribution in [3.05, 3.63) is 29.8 Å². The Morgan fingerprint density at radius 1 is 1.15 bits per heavy atom. The number of unbranched alkanes of at least 4 members (excludes halogenated alkanes) is 1. The molecule has 0 amide bonds. The first-order valence-electron chi connectivity index (χ1n) is 7.26. The van der Waals surface area contributed by atoms with Crippen molar-refractivity contribution in [3.63, 3.8) is 0 Å². The Labute approximate surface area is 122 Å². The van der Waals surface area contributed by atoms with Crippen LogP contribution < -0.4 is 4.72 Å². The van der Waals surface area contributed by atoms with Crippen LogP contribution in [0.1, 0.15) is 51.5 Å². The SMILES string of the molecule is CCCCC(CCC)NS(=O)(=O)c1ccccc1CO. The molecular formula is C15H25NO3S. The van der Waals surface area contributed by atoms with Crippen molar-refractivity contribution in [1.82, 2.24) is 4.72 Å². The fourth-order valence-electron chi connectivity index (χ4n) is 2.24. The van der Waals surface area contributed by atoms with Crippen LogP contribution in [0.3, 0.4) is 0 Å². The summed E-state index contributed by atoms with van der Waals surface area (Å²) in [6, 6.07) is 6.54. The Morgan fingerprint density at radius 2 is 1.85 bits per heavy atom. The first-order chi connectivity index (χ1) is 9.55. The zero-order chi connectivity index (χ0) is 15.0. The maximum Gasteiger partial charge on any atom is 0.241 e. The van der Waals surface area contributed by atoms with E-state index in [-0.39, 0.29) is 17.5 Å². The van der Waals surface area contributed by atoms with Crippen molar-refractivity contribution in [1.29, 1.82) is 0 Å². The van der Waals surface area contributed by atoms with Crippen LogP contribution in [0, 0.1) is 0 Å². The number of nitrogens with one attached hydrogen (secondary N) is 1. The normalized spacial score (nSPS) is 13.3. The van der Waals surface area contributed by atoms with Crippen molar-refractivity contribution in [2.45, 2.75) is 63.5 Å². The van der Waals surface area contributed by atoms with Gasteiger partial charge in [-0.2, -0.15) is 0 Å². The molecule has 0 aliphatic carbocycles. The summed E-state index contributed by atoms with van der Waals surface area (Å²) in [7, 11) is -3.56. The molecule has 0 radical (unpaired) electrons. The third-order valence-corrected chi connectivity index (χ3v) is 4.92. The van der Waals surface area contributed by atoms with Gasteiger partial charge in [-0.25, -0.2) is 13.1 Å². The van der Waals surface area contributed by atoms with Crippen LogP contribution in [0.15, 0.2) is 29.2 Å². The Bertz CT molecular complexity index is 500. The van der Waals surface area contributed by atoms with Crippen LogP contribution in [0.4, 0.5) is 0 Å². The van der Waals surface area contributed by atoms with Crippen molar-refractivity contribution >= 4 is 10.0 Å². The summed E-state index contributed by atoms with van der Waals surface area (Å²) in [4.78, 5) is 0.181. The van der Waals surface area contributed by atoms with Gasteiger partial charge >= 0.3 is 0 Å². The van der Waals surface area contributed by atoms with E-state index in [1.54, 1.807) is 18.2 Å². The van der Waals surface area contributed by atoms with Crippen molar-refractivity contribution in [2.24, 2.45) is 0 Å². The van der Waals surface area contributed by atoms with Gasteiger partial charge in [-0.3, -0.25) is 0 Å². The highest BCUT2D eigenvalue weighted by Gasteiger charge is 2.21. The molecule has 0 aliphatic rings. The molecule has 0 spiro atoms. The van der Waals surface area contributed by atoms with E-state index in [1.165, 1.54) is 6.07 Å². The van der Waals surface area contributed by atoms with Crippen LogP contribution in [-0.2, 0) is 16.6 Å². The van der Waals surface area contributed by atoms with Crippen LogP contribution >= 0.6 is 0 Å².